The van der Waals surface area contributed by atoms with Crippen molar-refractivity contribution in [2.45, 2.75) is 6.92 Å². The number of benzene rings is 2. The summed E-state index contributed by atoms with van der Waals surface area (Å²) in [5.41, 5.74) is 0.791. The van der Waals surface area contributed by atoms with Crippen LogP contribution in [-0.2, 0) is 14.3 Å². The third kappa shape index (κ3) is 5.38. The molecule has 0 bridgehead atoms. The Bertz CT molecular complexity index is 913. The Morgan fingerprint density at radius 3 is 2.69 bits per heavy atom. The second kappa shape index (κ2) is 9.45. The molecule has 0 atom stereocenters. The number of carbonyl (C=O) groups is 3. The van der Waals surface area contributed by atoms with Crippen LogP contribution in [0.5, 0.6) is 17.2 Å². The molecule has 0 aliphatic carbocycles. The van der Waals surface area contributed by atoms with Crippen LogP contribution in [0.4, 0.5) is 5.69 Å². The Morgan fingerprint density at radius 2 is 1.86 bits per heavy atom. The van der Waals surface area contributed by atoms with Crippen LogP contribution < -0.4 is 24.8 Å². The minimum Gasteiger partial charge on any atom is -0.493 e. The molecule has 0 aromatic heterocycles. The first-order valence-electron chi connectivity index (χ1n) is 8.92. The molecule has 0 spiro atoms. The van der Waals surface area contributed by atoms with Crippen LogP contribution in [0.3, 0.4) is 0 Å². The number of hydrogen-bond acceptors (Lipinski definition) is 7. The van der Waals surface area contributed by atoms with Gasteiger partial charge in [-0.05, 0) is 31.2 Å². The Hall–Kier alpha value is -3.75. The molecule has 2 aromatic rings. The van der Waals surface area contributed by atoms with Gasteiger partial charge in [-0.25, -0.2) is 0 Å². The van der Waals surface area contributed by atoms with E-state index < -0.39 is 24.4 Å². The highest BCUT2D eigenvalue weighted by Crippen LogP contribution is 2.34. The first-order chi connectivity index (χ1) is 14.1. The second-order valence-corrected chi connectivity index (χ2v) is 5.89. The maximum Gasteiger partial charge on any atom is 0.325 e. The molecule has 2 N–H and O–H groups in total. The lowest BCUT2D eigenvalue weighted by Gasteiger charge is -2.10. The van der Waals surface area contributed by atoms with Gasteiger partial charge in [-0.1, -0.05) is 12.1 Å². The molecule has 2 aromatic carbocycles. The molecule has 1 heterocycles. The fourth-order valence-corrected chi connectivity index (χ4v) is 2.55. The Kier molecular flexibility index (Phi) is 6.51. The summed E-state index contributed by atoms with van der Waals surface area (Å²) in [6.07, 6.45) is 0. The summed E-state index contributed by atoms with van der Waals surface area (Å²) in [6, 6.07) is 11.6. The van der Waals surface area contributed by atoms with Crippen molar-refractivity contribution in [3.05, 3.63) is 48.0 Å². The molecule has 0 saturated heterocycles. The van der Waals surface area contributed by atoms with E-state index in [-0.39, 0.29) is 13.3 Å². The van der Waals surface area contributed by atoms with Gasteiger partial charge in [0.2, 0.25) is 6.79 Å². The van der Waals surface area contributed by atoms with Gasteiger partial charge >= 0.3 is 5.97 Å². The fourth-order valence-electron chi connectivity index (χ4n) is 2.55. The van der Waals surface area contributed by atoms with Crippen molar-refractivity contribution in [1.82, 2.24) is 5.32 Å². The van der Waals surface area contributed by atoms with E-state index in [1.165, 1.54) is 0 Å². The lowest BCUT2D eigenvalue weighted by Crippen LogP contribution is -2.32. The first kappa shape index (κ1) is 20.0. The van der Waals surface area contributed by atoms with Crippen molar-refractivity contribution in [2.24, 2.45) is 0 Å². The lowest BCUT2D eigenvalue weighted by molar-refractivity contribution is -0.146. The summed E-state index contributed by atoms with van der Waals surface area (Å²) in [7, 11) is 0. The van der Waals surface area contributed by atoms with E-state index in [9.17, 15) is 14.4 Å². The molecule has 1 aliphatic rings. The second-order valence-electron chi connectivity index (χ2n) is 5.89. The Balaban J connectivity index is 1.43. The standard InChI is InChI=1S/C20H20N2O7/c1-2-26-15-6-4-3-5-14(15)20(25)21-10-19(24)27-11-18(23)22-13-7-8-16-17(9-13)29-12-28-16/h3-9H,2,10-12H2,1H3,(H,21,25)(H,22,23). The highest BCUT2D eigenvalue weighted by molar-refractivity contribution is 5.98. The van der Waals surface area contributed by atoms with Crippen LogP contribution in [0.2, 0.25) is 0 Å². The number of hydrogen-bond donors (Lipinski definition) is 2. The van der Waals surface area contributed by atoms with Crippen molar-refractivity contribution >= 4 is 23.5 Å². The van der Waals surface area contributed by atoms with Crippen LogP contribution in [0.15, 0.2) is 42.5 Å². The van der Waals surface area contributed by atoms with Gasteiger partial charge < -0.3 is 29.6 Å². The third-order valence-corrected chi connectivity index (χ3v) is 3.85. The quantitative estimate of drug-likeness (QED) is 0.649. The topological polar surface area (TPSA) is 112 Å². The van der Waals surface area contributed by atoms with Crippen molar-refractivity contribution in [2.75, 3.05) is 31.9 Å². The minimum atomic E-state index is -0.743. The zero-order chi connectivity index (χ0) is 20.6. The van der Waals surface area contributed by atoms with Crippen LogP contribution in [-0.4, -0.2) is 44.3 Å². The number of anilines is 1. The largest absolute Gasteiger partial charge is 0.493 e. The molecule has 152 valence electrons. The van der Waals surface area contributed by atoms with E-state index in [0.29, 0.717) is 35.1 Å². The zero-order valence-electron chi connectivity index (χ0n) is 15.7. The van der Waals surface area contributed by atoms with E-state index in [0.717, 1.165) is 0 Å². The monoisotopic (exact) mass is 400 g/mol. The lowest BCUT2D eigenvalue weighted by atomic mass is 10.2. The summed E-state index contributed by atoms with van der Waals surface area (Å²) in [5.74, 6) is -0.205. The summed E-state index contributed by atoms with van der Waals surface area (Å²) in [6.45, 7) is 1.48. The van der Waals surface area contributed by atoms with Gasteiger partial charge in [-0.2, -0.15) is 0 Å². The van der Waals surface area contributed by atoms with Crippen molar-refractivity contribution in [3.63, 3.8) is 0 Å². The van der Waals surface area contributed by atoms with Crippen molar-refractivity contribution in [1.29, 1.82) is 0 Å². The van der Waals surface area contributed by atoms with E-state index in [1.54, 1.807) is 49.4 Å². The molecule has 0 fully saturated rings. The Morgan fingerprint density at radius 1 is 1.07 bits per heavy atom. The predicted octanol–water partition coefficient (Wildman–Crippen LogP) is 1.73. The van der Waals surface area contributed by atoms with Crippen molar-refractivity contribution in [3.8, 4) is 17.2 Å². The van der Waals surface area contributed by atoms with Crippen LogP contribution >= 0.6 is 0 Å². The van der Waals surface area contributed by atoms with Crippen LogP contribution in [0.1, 0.15) is 17.3 Å². The number of fused-ring (bicyclic) bond motifs is 1. The number of esters is 1. The summed E-state index contributed by atoms with van der Waals surface area (Å²) < 4.78 is 20.7. The first-order valence-corrected chi connectivity index (χ1v) is 8.92. The summed E-state index contributed by atoms with van der Waals surface area (Å²) in [5, 5.41) is 5.03. The highest BCUT2D eigenvalue weighted by atomic mass is 16.7. The number of nitrogens with one attached hydrogen (secondary N) is 2. The number of para-hydroxylation sites is 1. The van der Waals surface area contributed by atoms with Gasteiger partial charge in [0.15, 0.2) is 18.1 Å². The van der Waals surface area contributed by atoms with Gasteiger partial charge in [0.1, 0.15) is 12.3 Å². The van der Waals surface area contributed by atoms with Crippen LogP contribution in [0.25, 0.3) is 0 Å². The Labute approximate surface area is 166 Å². The molecule has 29 heavy (non-hydrogen) atoms. The number of carbonyl (C=O) groups excluding carboxylic acids is 3. The molecule has 0 unspecified atom stereocenters. The molecular weight excluding hydrogens is 380 g/mol. The summed E-state index contributed by atoms with van der Waals surface area (Å²) >= 11 is 0. The zero-order valence-corrected chi connectivity index (χ0v) is 15.7. The van der Waals surface area contributed by atoms with Crippen LogP contribution in [0, 0.1) is 0 Å². The third-order valence-electron chi connectivity index (χ3n) is 3.85. The molecule has 9 heteroatoms. The maximum atomic E-state index is 12.2. The maximum absolute atomic E-state index is 12.2. The average molecular weight is 400 g/mol. The highest BCUT2D eigenvalue weighted by Gasteiger charge is 2.16. The molecule has 0 saturated carbocycles. The van der Waals surface area contributed by atoms with E-state index in [4.69, 9.17) is 18.9 Å². The number of ether oxygens (including phenoxy) is 4. The smallest absolute Gasteiger partial charge is 0.325 e. The number of amides is 2. The number of rotatable bonds is 8. The average Bonchev–Trinajstić information content (AvgIpc) is 3.19. The molecule has 1 aliphatic heterocycles. The van der Waals surface area contributed by atoms with E-state index in [2.05, 4.69) is 10.6 Å². The van der Waals surface area contributed by atoms with Gasteiger partial charge in [0, 0.05) is 11.8 Å². The van der Waals surface area contributed by atoms with Gasteiger partial charge in [-0.3, -0.25) is 14.4 Å². The molecule has 3 rings (SSSR count). The molecule has 2 amide bonds. The molecular formula is C20H20N2O7. The fraction of sp³-hybridized carbons (Fsp3) is 0.250. The summed E-state index contributed by atoms with van der Waals surface area (Å²) in [4.78, 5) is 36.0. The van der Waals surface area contributed by atoms with Gasteiger partial charge in [0.25, 0.3) is 11.8 Å². The minimum absolute atomic E-state index is 0.130. The van der Waals surface area contributed by atoms with Crippen molar-refractivity contribution < 1.29 is 33.3 Å². The SMILES string of the molecule is CCOc1ccccc1C(=O)NCC(=O)OCC(=O)Nc1ccc2c(c1)OCO2. The van der Waals surface area contributed by atoms with Gasteiger partial charge in [0.05, 0.1) is 12.2 Å². The van der Waals surface area contributed by atoms with E-state index >= 15 is 0 Å². The molecule has 0 radical (unpaired) electrons. The van der Waals surface area contributed by atoms with E-state index in [1.807, 2.05) is 0 Å². The molecule has 9 nitrogen and oxygen atoms in total. The normalized spacial score (nSPS) is 11.5. The van der Waals surface area contributed by atoms with Gasteiger partial charge in [-0.15, -0.1) is 0 Å². The predicted molar refractivity (Wildman–Crippen MR) is 102 cm³/mol.